The first kappa shape index (κ1) is 12.7. The van der Waals surface area contributed by atoms with E-state index < -0.39 is 0 Å². The molecular formula is C12H12Cl2O3. The maximum Gasteiger partial charge on any atom is 0.314 e. The van der Waals surface area contributed by atoms with Gasteiger partial charge >= 0.3 is 5.97 Å². The number of hydrogen-bond donors (Lipinski definition) is 0. The molecule has 0 saturated carbocycles. The van der Waals surface area contributed by atoms with Crippen molar-refractivity contribution in [3.05, 3.63) is 28.2 Å². The Balaban J connectivity index is 2.02. The number of carbonyl (C=O) groups is 1. The molecule has 0 atom stereocenters. The molecule has 1 fully saturated rings. The summed E-state index contributed by atoms with van der Waals surface area (Å²) in [6, 6.07) is 4.79. The first-order valence-electron chi connectivity index (χ1n) is 5.41. The maximum atomic E-state index is 11.8. The minimum absolute atomic E-state index is 0.101. The third-order valence-corrected chi connectivity index (χ3v) is 3.19. The van der Waals surface area contributed by atoms with Gasteiger partial charge in [-0.05, 0) is 31.0 Å². The summed E-state index contributed by atoms with van der Waals surface area (Å²) in [6.07, 6.45) is 1.40. The van der Waals surface area contributed by atoms with Crippen LogP contribution >= 0.6 is 23.2 Å². The van der Waals surface area contributed by atoms with Gasteiger partial charge in [-0.1, -0.05) is 23.2 Å². The number of benzene rings is 1. The average molecular weight is 275 g/mol. The summed E-state index contributed by atoms with van der Waals surface area (Å²) in [4.78, 5) is 11.8. The third-order valence-electron chi connectivity index (χ3n) is 2.66. The summed E-state index contributed by atoms with van der Waals surface area (Å²) >= 11 is 11.7. The second-order valence-electron chi connectivity index (χ2n) is 3.88. The lowest BCUT2D eigenvalue weighted by molar-refractivity contribution is -0.141. The van der Waals surface area contributed by atoms with Crippen molar-refractivity contribution in [1.82, 2.24) is 0 Å². The largest absolute Gasteiger partial charge is 0.425 e. The number of hydrogen-bond acceptors (Lipinski definition) is 3. The second kappa shape index (κ2) is 5.71. The van der Waals surface area contributed by atoms with Crippen LogP contribution in [0.15, 0.2) is 18.2 Å². The van der Waals surface area contributed by atoms with Crippen molar-refractivity contribution in [2.24, 2.45) is 5.92 Å². The van der Waals surface area contributed by atoms with Gasteiger partial charge in [-0.15, -0.1) is 0 Å². The van der Waals surface area contributed by atoms with E-state index in [2.05, 4.69) is 0 Å². The lowest BCUT2D eigenvalue weighted by atomic mass is 10.0. The van der Waals surface area contributed by atoms with E-state index in [-0.39, 0.29) is 11.9 Å². The minimum atomic E-state index is -0.252. The molecule has 3 nitrogen and oxygen atoms in total. The van der Waals surface area contributed by atoms with Crippen molar-refractivity contribution in [2.45, 2.75) is 12.8 Å². The van der Waals surface area contributed by atoms with Gasteiger partial charge in [0.25, 0.3) is 0 Å². The number of halogens is 2. The van der Waals surface area contributed by atoms with Crippen LogP contribution in [0.3, 0.4) is 0 Å². The maximum absolute atomic E-state index is 11.8. The molecule has 1 saturated heterocycles. The van der Waals surface area contributed by atoms with Crippen LogP contribution in [0.2, 0.25) is 10.0 Å². The van der Waals surface area contributed by atoms with Crippen LogP contribution in [-0.4, -0.2) is 19.2 Å². The summed E-state index contributed by atoms with van der Waals surface area (Å²) in [5, 5.41) is 0.860. The Bertz CT molecular complexity index is 414. The monoisotopic (exact) mass is 274 g/mol. The molecule has 0 aromatic heterocycles. The molecule has 0 amide bonds. The summed E-state index contributed by atoms with van der Waals surface area (Å²) in [7, 11) is 0. The van der Waals surface area contributed by atoms with E-state index in [0.717, 1.165) is 0 Å². The van der Waals surface area contributed by atoms with Gasteiger partial charge in [0.1, 0.15) is 5.75 Å². The fraction of sp³-hybridized carbons (Fsp3) is 0.417. The molecule has 1 aromatic rings. The van der Waals surface area contributed by atoms with E-state index in [0.29, 0.717) is 41.9 Å². The molecule has 0 unspecified atom stereocenters. The van der Waals surface area contributed by atoms with Crippen LogP contribution in [0.25, 0.3) is 0 Å². The molecule has 2 rings (SSSR count). The summed E-state index contributed by atoms with van der Waals surface area (Å²) in [5.41, 5.74) is 0. The Morgan fingerprint density at radius 2 is 2.00 bits per heavy atom. The zero-order valence-electron chi connectivity index (χ0n) is 9.12. The Morgan fingerprint density at radius 1 is 1.29 bits per heavy atom. The van der Waals surface area contributed by atoms with Crippen molar-refractivity contribution >= 4 is 29.2 Å². The van der Waals surface area contributed by atoms with Crippen LogP contribution in [0.5, 0.6) is 5.75 Å². The standard InChI is InChI=1S/C12H12Cl2O3/c13-9-1-2-11(10(14)7-9)17-12(15)8-3-5-16-6-4-8/h1-2,7-8H,3-6H2. The van der Waals surface area contributed by atoms with Gasteiger partial charge in [0.05, 0.1) is 10.9 Å². The van der Waals surface area contributed by atoms with Crippen LogP contribution in [0.1, 0.15) is 12.8 Å². The highest BCUT2D eigenvalue weighted by Crippen LogP contribution is 2.29. The SMILES string of the molecule is O=C(Oc1ccc(Cl)cc1Cl)C1CCOCC1. The molecular weight excluding hydrogens is 263 g/mol. The van der Waals surface area contributed by atoms with Crippen LogP contribution < -0.4 is 4.74 Å². The summed E-state index contributed by atoms with van der Waals surface area (Å²) in [6.45, 7) is 1.21. The highest BCUT2D eigenvalue weighted by Gasteiger charge is 2.24. The zero-order valence-corrected chi connectivity index (χ0v) is 10.6. The topological polar surface area (TPSA) is 35.5 Å². The molecule has 0 radical (unpaired) electrons. The summed E-state index contributed by atoms with van der Waals surface area (Å²) < 4.78 is 10.4. The first-order chi connectivity index (χ1) is 8.16. The van der Waals surface area contributed by atoms with Gasteiger partial charge in [0.15, 0.2) is 0 Å². The highest BCUT2D eigenvalue weighted by molar-refractivity contribution is 6.35. The Labute approximate surface area is 110 Å². The zero-order chi connectivity index (χ0) is 12.3. The van der Waals surface area contributed by atoms with Crippen LogP contribution in [-0.2, 0) is 9.53 Å². The van der Waals surface area contributed by atoms with Crippen LogP contribution in [0, 0.1) is 5.92 Å². The van der Waals surface area contributed by atoms with Crippen LogP contribution in [0.4, 0.5) is 0 Å². The molecule has 1 aliphatic rings. The first-order valence-corrected chi connectivity index (χ1v) is 6.17. The quantitative estimate of drug-likeness (QED) is 0.613. The van der Waals surface area contributed by atoms with Gasteiger partial charge in [0, 0.05) is 18.2 Å². The third kappa shape index (κ3) is 3.35. The van der Waals surface area contributed by atoms with Crippen molar-refractivity contribution in [3.63, 3.8) is 0 Å². The van der Waals surface area contributed by atoms with Gasteiger partial charge in [-0.2, -0.15) is 0 Å². The molecule has 0 bridgehead atoms. The van der Waals surface area contributed by atoms with Crippen molar-refractivity contribution in [1.29, 1.82) is 0 Å². The fourth-order valence-electron chi connectivity index (χ4n) is 1.68. The molecule has 0 aliphatic carbocycles. The number of carbonyl (C=O) groups excluding carboxylic acids is 1. The Morgan fingerprint density at radius 3 is 2.65 bits per heavy atom. The van der Waals surface area contributed by atoms with E-state index >= 15 is 0 Å². The molecule has 92 valence electrons. The molecule has 5 heteroatoms. The van der Waals surface area contributed by atoms with Crippen molar-refractivity contribution in [2.75, 3.05) is 13.2 Å². The normalized spacial score (nSPS) is 16.8. The molecule has 1 heterocycles. The van der Waals surface area contributed by atoms with Gasteiger partial charge in [-0.3, -0.25) is 4.79 Å². The Kier molecular flexibility index (Phi) is 4.26. The highest BCUT2D eigenvalue weighted by atomic mass is 35.5. The predicted molar refractivity (Wildman–Crippen MR) is 65.6 cm³/mol. The van der Waals surface area contributed by atoms with E-state index in [9.17, 15) is 4.79 Å². The summed E-state index contributed by atoms with van der Waals surface area (Å²) in [5.74, 6) is 0.000533. The van der Waals surface area contributed by atoms with Gasteiger partial charge in [-0.25, -0.2) is 0 Å². The average Bonchev–Trinajstić information content (AvgIpc) is 2.34. The van der Waals surface area contributed by atoms with Crippen molar-refractivity contribution < 1.29 is 14.3 Å². The molecule has 1 aromatic carbocycles. The predicted octanol–water partition coefficient (Wildman–Crippen LogP) is 3.33. The minimum Gasteiger partial charge on any atom is -0.425 e. The van der Waals surface area contributed by atoms with E-state index in [1.165, 1.54) is 0 Å². The van der Waals surface area contributed by atoms with E-state index in [4.69, 9.17) is 32.7 Å². The van der Waals surface area contributed by atoms with Crippen molar-refractivity contribution in [3.8, 4) is 5.75 Å². The Hall–Kier alpha value is -0.770. The smallest absolute Gasteiger partial charge is 0.314 e. The van der Waals surface area contributed by atoms with E-state index in [1.54, 1.807) is 18.2 Å². The molecule has 0 spiro atoms. The lowest BCUT2D eigenvalue weighted by Gasteiger charge is -2.20. The number of ether oxygens (including phenoxy) is 2. The fourth-order valence-corrected chi connectivity index (χ4v) is 2.13. The second-order valence-corrected chi connectivity index (χ2v) is 4.73. The van der Waals surface area contributed by atoms with E-state index in [1.807, 2.05) is 0 Å². The molecule has 17 heavy (non-hydrogen) atoms. The molecule has 1 aliphatic heterocycles. The van der Waals surface area contributed by atoms with Gasteiger partial charge < -0.3 is 9.47 Å². The lowest BCUT2D eigenvalue weighted by Crippen LogP contribution is -2.27. The molecule has 0 N–H and O–H groups in total. The number of esters is 1. The van der Waals surface area contributed by atoms with Gasteiger partial charge in [0.2, 0.25) is 0 Å². The number of rotatable bonds is 2.